The first-order chi connectivity index (χ1) is 17.7. The SMILES string of the molecule is CCCCCCCCCCC(=O)OCC(CC)C1CCC=C(C2=NSCI=C2OCCCCCC)C1. The number of hydrogen-bond donors (Lipinski definition) is 0. The van der Waals surface area contributed by atoms with E-state index in [4.69, 9.17) is 13.9 Å². The van der Waals surface area contributed by atoms with Gasteiger partial charge in [0.25, 0.3) is 0 Å². The third kappa shape index (κ3) is 13.0. The fourth-order valence-electron chi connectivity index (χ4n) is 5.04. The van der Waals surface area contributed by atoms with Gasteiger partial charge in [0.1, 0.15) is 9.41 Å². The molecule has 0 fully saturated rings. The minimum atomic E-state index is -0.0919. The molecule has 0 aromatic rings. The zero-order chi connectivity index (χ0) is 25.8. The maximum atomic E-state index is 12.4. The third-order valence-electron chi connectivity index (χ3n) is 7.39. The molecule has 4 nitrogen and oxygen atoms in total. The van der Waals surface area contributed by atoms with Crippen molar-refractivity contribution in [3.63, 3.8) is 0 Å². The average Bonchev–Trinajstić information content (AvgIpc) is 2.91. The fraction of sp³-hybridized carbons (Fsp3) is 0.833. The number of carbonyl (C=O) groups excluding carboxylic acids is 1. The van der Waals surface area contributed by atoms with E-state index in [2.05, 4.69) is 26.8 Å². The maximum absolute atomic E-state index is 12.4. The number of rotatable bonds is 20. The van der Waals surface area contributed by atoms with E-state index in [0.717, 1.165) is 54.6 Å². The molecule has 0 N–H and O–H groups in total. The van der Waals surface area contributed by atoms with Crippen LogP contribution in [0.15, 0.2) is 16.0 Å². The molecule has 1 heterocycles. The Kier molecular flexibility index (Phi) is 18.4. The number of hydrogen-bond acceptors (Lipinski definition) is 5. The van der Waals surface area contributed by atoms with Gasteiger partial charge in [-0.3, -0.25) is 4.79 Å². The van der Waals surface area contributed by atoms with E-state index in [1.807, 2.05) is 0 Å². The maximum Gasteiger partial charge on any atom is 0.305 e. The largest absolute Gasteiger partial charge is 0.465 e. The number of nitrogens with zero attached hydrogens (tertiary/aromatic N) is 1. The van der Waals surface area contributed by atoms with Crippen molar-refractivity contribution in [3.8, 4) is 0 Å². The van der Waals surface area contributed by atoms with Crippen LogP contribution in [-0.2, 0) is 14.3 Å². The summed E-state index contributed by atoms with van der Waals surface area (Å²) in [6, 6.07) is 0. The Bertz CT molecular complexity index is 706. The molecule has 0 aromatic heterocycles. The quantitative estimate of drug-likeness (QED) is 0.0441. The van der Waals surface area contributed by atoms with Gasteiger partial charge in [0.15, 0.2) is 0 Å². The van der Waals surface area contributed by atoms with Crippen LogP contribution < -0.4 is 0 Å². The van der Waals surface area contributed by atoms with Crippen LogP contribution in [0, 0.1) is 11.8 Å². The van der Waals surface area contributed by atoms with Gasteiger partial charge in [0, 0.05) is 6.42 Å². The van der Waals surface area contributed by atoms with E-state index in [-0.39, 0.29) is 26.7 Å². The Morgan fingerprint density at radius 3 is 2.44 bits per heavy atom. The Balaban J connectivity index is 1.73. The van der Waals surface area contributed by atoms with E-state index in [0.29, 0.717) is 24.9 Å². The standard InChI is InChI=1S/C30H52INO3S/c1-4-7-9-11-12-13-14-15-20-28(33)35-23-25(6-3)26-18-17-19-27(22-26)29-30(31-24-36-32-29)34-21-16-10-8-5-2/h19,25-26H,4-18,20-24H2,1-3H3. The minimum Gasteiger partial charge on any atom is -0.465 e. The van der Waals surface area contributed by atoms with Crippen LogP contribution >= 0.6 is 32.7 Å². The molecule has 1 aliphatic heterocycles. The first-order valence-corrected chi connectivity index (χ1v) is 18.4. The van der Waals surface area contributed by atoms with Gasteiger partial charge in [-0.15, -0.1) is 0 Å². The zero-order valence-electron chi connectivity index (χ0n) is 23.3. The van der Waals surface area contributed by atoms with Crippen LogP contribution in [0.25, 0.3) is 0 Å². The highest BCUT2D eigenvalue weighted by Crippen LogP contribution is 2.35. The van der Waals surface area contributed by atoms with Gasteiger partial charge in [-0.2, -0.15) is 0 Å². The normalized spacial score (nSPS) is 19.1. The topological polar surface area (TPSA) is 47.9 Å². The predicted octanol–water partition coefficient (Wildman–Crippen LogP) is 9.57. The highest BCUT2D eigenvalue weighted by atomic mass is 127. The number of ether oxygens (including phenoxy) is 2. The van der Waals surface area contributed by atoms with Gasteiger partial charge < -0.3 is 9.47 Å². The molecule has 0 amide bonds. The zero-order valence-corrected chi connectivity index (χ0v) is 26.3. The van der Waals surface area contributed by atoms with E-state index in [1.54, 1.807) is 11.9 Å². The summed E-state index contributed by atoms with van der Waals surface area (Å²) in [7, 11) is 0. The fourth-order valence-corrected chi connectivity index (χ4v) is 8.68. The van der Waals surface area contributed by atoms with Crippen molar-refractivity contribution in [1.82, 2.24) is 0 Å². The van der Waals surface area contributed by atoms with Crippen LogP contribution in [-0.4, -0.2) is 32.3 Å². The molecule has 0 spiro atoms. The van der Waals surface area contributed by atoms with Crippen molar-refractivity contribution in [2.75, 3.05) is 17.0 Å². The summed E-state index contributed by atoms with van der Waals surface area (Å²) in [6.45, 7) is 8.15. The molecule has 0 aromatic carbocycles. The summed E-state index contributed by atoms with van der Waals surface area (Å²) in [5.74, 6) is 0.988. The summed E-state index contributed by atoms with van der Waals surface area (Å²) >= 11 is 1.63. The molecule has 208 valence electrons. The molecule has 0 saturated heterocycles. The van der Waals surface area contributed by atoms with Gasteiger partial charge in [-0.05, 0) is 67.9 Å². The van der Waals surface area contributed by atoms with Crippen molar-refractivity contribution < 1.29 is 14.3 Å². The first-order valence-electron chi connectivity index (χ1n) is 14.8. The molecule has 2 aliphatic rings. The first kappa shape index (κ1) is 32.0. The van der Waals surface area contributed by atoms with Crippen LogP contribution in [0.5, 0.6) is 0 Å². The lowest BCUT2D eigenvalue weighted by Gasteiger charge is -2.30. The molecular formula is C30H52INO3S. The smallest absolute Gasteiger partial charge is 0.305 e. The molecule has 0 saturated carbocycles. The number of alkyl halides is 1. The molecule has 2 atom stereocenters. The molecule has 6 heteroatoms. The summed E-state index contributed by atoms with van der Waals surface area (Å²) in [4.78, 5) is 12.4. The predicted molar refractivity (Wildman–Crippen MR) is 166 cm³/mol. The van der Waals surface area contributed by atoms with E-state index < -0.39 is 0 Å². The highest BCUT2D eigenvalue weighted by Gasteiger charge is 2.28. The molecule has 2 rings (SSSR count). The average molecular weight is 634 g/mol. The van der Waals surface area contributed by atoms with E-state index >= 15 is 0 Å². The van der Waals surface area contributed by atoms with Crippen LogP contribution in [0.4, 0.5) is 0 Å². The van der Waals surface area contributed by atoms with Gasteiger partial charge in [-0.25, -0.2) is 4.40 Å². The second-order valence-corrected chi connectivity index (χ2v) is 14.6. The monoisotopic (exact) mass is 633 g/mol. The Morgan fingerprint density at radius 2 is 1.72 bits per heavy atom. The van der Waals surface area contributed by atoms with Gasteiger partial charge in [0.2, 0.25) is 0 Å². The molecule has 0 radical (unpaired) electrons. The molecule has 0 bridgehead atoms. The van der Waals surface area contributed by atoms with E-state index in [9.17, 15) is 4.79 Å². The second kappa shape index (κ2) is 20.7. The third-order valence-corrected chi connectivity index (χ3v) is 11.2. The van der Waals surface area contributed by atoms with Crippen LogP contribution in [0.2, 0.25) is 0 Å². The molecule has 1 aliphatic carbocycles. The van der Waals surface area contributed by atoms with Crippen LogP contribution in [0.1, 0.15) is 130 Å². The Labute approximate surface area is 236 Å². The van der Waals surface area contributed by atoms with Crippen molar-refractivity contribution in [2.45, 2.75) is 130 Å². The Morgan fingerprint density at radius 1 is 1.03 bits per heavy atom. The second-order valence-electron chi connectivity index (χ2n) is 10.3. The lowest BCUT2D eigenvalue weighted by atomic mass is 9.78. The van der Waals surface area contributed by atoms with Gasteiger partial charge >= 0.3 is 5.97 Å². The van der Waals surface area contributed by atoms with Crippen molar-refractivity contribution in [2.24, 2.45) is 16.2 Å². The summed E-state index contributed by atoms with van der Waals surface area (Å²) in [5, 5.41) is 0. The van der Waals surface area contributed by atoms with Crippen molar-refractivity contribution in [1.29, 1.82) is 0 Å². The minimum absolute atomic E-state index is 0.00379. The number of esters is 1. The van der Waals surface area contributed by atoms with Crippen molar-refractivity contribution in [3.05, 3.63) is 11.6 Å². The number of allylic oxidation sites excluding steroid dienone is 1. The van der Waals surface area contributed by atoms with Crippen molar-refractivity contribution >= 4 is 48.1 Å². The molecule has 2 unspecified atom stereocenters. The summed E-state index contributed by atoms with van der Waals surface area (Å²) in [6.07, 6.45) is 22.3. The van der Waals surface area contributed by atoms with E-state index in [1.165, 1.54) is 73.5 Å². The lowest BCUT2D eigenvalue weighted by molar-refractivity contribution is -0.145. The molecule has 36 heavy (non-hydrogen) atoms. The Hall–Kier alpha value is -0.210. The summed E-state index contributed by atoms with van der Waals surface area (Å²) < 4.78 is 19.3. The highest BCUT2D eigenvalue weighted by molar-refractivity contribution is 14.2. The number of unbranched alkanes of at least 4 members (excludes halogenated alkanes) is 10. The van der Waals surface area contributed by atoms with Gasteiger partial charge in [0.05, 0.1) is 17.0 Å². The lowest BCUT2D eigenvalue weighted by Crippen LogP contribution is -2.28. The number of halogens is 1. The summed E-state index contributed by atoms with van der Waals surface area (Å²) in [5.41, 5.74) is 2.53. The number of carbonyl (C=O) groups is 1. The molecular weight excluding hydrogens is 581 g/mol. The van der Waals surface area contributed by atoms with Gasteiger partial charge in [-0.1, -0.05) is 112 Å². The van der Waals surface area contributed by atoms with Crippen LogP contribution in [0.3, 0.4) is 0 Å².